The van der Waals surface area contributed by atoms with Gasteiger partial charge in [-0.15, -0.1) is 24.8 Å². The Labute approximate surface area is 138 Å². The number of nitrogens with two attached hydrogens (primary N) is 1. The van der Waals surface area contributed by atoms with Crippen LogP contribution in [-0.4, -0.2) is 31.5 Å². The monoisotopic (exact) mass is 334 g/mol. The van der Waals surface area contributed by atoms with Crippen LogP contribution in [0.4, 0.5) is 11.5 Å². The van der Waals surface area contributed by atoms with Gasteiger partial charge in [0.2, 0.25) is 5.91 Å². The third-order valence-corrected chi connectivity index (χ3v) is 3.77. The van der Waals surface area contributed by atoms with Crippen LogP contribution >= 0.6 is 24.8 Å². The number of amides is 1. The van der Waals surface area contributed by atoms with E-state index in [2.05, 4.69) is 10.3 Å². The van der Waals surface area contributed by atoms with E-state index in [1.807, 2.05) is 31.1 Å². The number of nitrogens with zero attached hydrogens (tertiary/aromatic N) is 2. The van der Waals surface area contributed by atoms with Crippen molar-refractivity contribution in [2.24, 2.45) is 17.6 Å². The highest BCUT2D eigenvalue weighted by atomic mass is 35.5. The van der Waals surface area contributed by atoms with Crippen LogP contribution in [0.1, 0.15) is 19.3 Å². The molecule has 3 N–H and O–H groups in total. The van der Waals surface area contributed by atoms with Crippen molar-refractivity contribution < 1.29 is 4.79 Å². The van der Waals surface area contributed by atoms with Crippen molar-refractivity contribution in [3.8, 4) is 0 Å². The van der Waals surface area contributed by atoms with Crippen LogP contribution in [0.15, 0.2) is 18.3 Å². The molecule has 1 saturated carbocycles. The first-order chi connectivity index (χ1) is 9.11. The number of nitrogens with one attached hydrogen (secondary N) is 1. The lowest BCUT2D eigenvalue weighted by Gasteiger charge is -2.18. The molecule has 1 aromatic rings. The minimum Gasteiger partial charge on any atom is -0.363 e. The van der Waals surface area contributed by atoms with Gasteiger partial charge >= 0.3 is 0 Å². The number of carbonyl (C=O) groups excluding carboxylic acids is 1. The molecule has 0 aromatic carbocycles. The minimum atomic E-state index is 0. The van der Waals surface area contributed by atoms with Gasteiger partial charge in [-0.3, -0.25) is 4.79 Å². The highest BCUT2D eigenvalue weighted by molar-refractivity contribution is 5.93. The number of pyridine rings is 1. The third-order valence-electron chi connectivity index (χ3n) is 3.77. The summed E-state index contributed by atoms with van der Waals surface area (Å²) in [6.45, 7) is 0.595. The minimum absolute atomic E-state index is 0. The Morgan fingerprint density at radius 1 is 1.43 bits per heavy atom. The second kappa shape index (κ2) is 9.07. The van der Waals surface area contributed by atoms with Crippen LogP contribution in [0, 0.1) is 11.8 Å². The fourth-order valence-electron chi connectivity index (χ4n) is 2.64. The zero-order chi connectivity index (χ0) is 13.8. The Kier molecular flexibility index (Phi) is 8.63. The van der Waals surface area contributed by atoms with E-state index in [1.165, 1.54) is 0 Å². The van der Waals surface area contributed by atoms with Crippen LogP contribution in [0.3, 0.4) is 0 Å². The fraction of sp³-hybridized carbons (Fsp3) is 0.571. The fourth-order valence-corrected chi connectivity index (χ4v) is 2.64. The molecule has 0 bridgehead atoms. The molecule has 5 nitrogen and oxygen atoms in total. The lowest BCUT2D eigenvalue weighted by Crippen LogP contribution is -2.29. The summed E-state index contributed by atoms with van der Waals surface area (Å²) in [5.41, 5.74) is 6.52. The van der Waals surface area contributed by atoms with E-state index in [9.17, 15) is 4.79 Å². The number of halogens is 2. The van der Waals surface area contributed by atoms with E-state index < -0.39 is 0 Å². The Hall–Kier alpha value is -1.04. The smallest absolute Gasteiger partial charge is 0.227 e. The van der Waals surface area contributed by atoms with Crippen molar-refractivity contribution in [3.05, 3.63) is 18.3 Å². The van der Waals surface area contributed by atoms with Crippen LogP contribution in [0.5, 0.6) is 0 Å². The maximum atomic E-state index is 12.3. The molecule has 1 aromatic heterocycles. The topological polar surface area (TPSA) is 71.2 Å². The molecule has 21 heavy (non-hydrogen) atoms. The van der Waals surface area contributed by atoms with Crippen molar-refractivity contribution in [2.45, 2.75) is 19.3 Å². The summed E-state index contributed by atoms with van der Waals surface area (Å²) in [7, 11) is 3.85. The lowest BCUT2D eigenvalue weighted by molar-refractivity contribution is -0.120. The maximum Gasteiger partial charge on any atom is 0.227 e. The summed E-state index contributed by atoms with van der Waals surface area (Å²) < 4.78 is 0. The molecule has 0 radical (unpaired) electrons. The van der Waals surface area contributed by atoms with Crippen LogP contribution in [0.25, 0.3) is 0 Å². The number of hydrogen-bond donors (Lipinski definition) is 2. The number of carbonyl (C=O) groups is 1. The highest BCUT2D eigenvalue weighted by Gasteiger charge is 2.31. The molecule has 0 aliphatic heterocycles. The molecule has 2 rings (SSSR count). The van der Waals surface area contributed by atoms with Crippen molar-refractivity contribution in [2.75, 3.05) is 30.9 Å². The largest absolute Gasteiger partial charge is 0.363 e. The Morgan fingerprint density at radius 3 is 2.76 bits per heavy atom. The Balaban J connectivity index is 0.00000200. The maximum absolute atomic E-state index is 12.3. The molecule has 1 aliphatic carbocycles. The second-order valence-electron chi connectivity index (χ2n) is 5.32. The standard InChI is InChI=1S/C14H22N4O.2ClH/c1-18(2)13-8-11(6-7-16-13)17-14(19)12-5-3-4-10(12)9-15;;/h6-8,10,12H,3-5,9,15H2,1-2H3,(H,16,17,19);2*1H/t10-,12-;;/m1../s1. The molecule has 1 aliphatic rings. The first-order valence-corrected chi connectivity index (χ1v) is 6.76. The van der Waals surface area contributed by atoms with Crippen LogP contribution in [0.2, 0.25) is 0 Å². The van der Waals surface area contributed by atoms with E-state index in [-0.39, 0.29) is 36.6 Å². The van der Waals surface area contributed by atoms with Crippen LogP contribution < -0.4 is 16.0 Å². The molecule has 0 saturated heterocycles. The predicted molar refractivity (Wildman–Crippen MR) is 91.6 cm³/mol. The highest BCUT2D eigenvalue weighted by Crippen LogP contribution is 2.32. The summed E-state index contributed by atoms with van der Waals surface area (Å²) in [5.74, 6) is 1.31. The zero-order valence-electron chi connectivity index (χ0n) is 12.4. The van der Waals surface area contributed by atoms with Gasteiger partial charge in [0, 0.05) is 38.0 Å². The molecular weight excluding hydrogens is 311 g/mol. The molecule has 1 amide bonds. The predicted octanol–water partition coefficient (Wildman–Crippen LogP) is 2.30. The summed E-state index contributed by atoms with van der Waals surface area (Å²) in [4.78, 5) is 18.4. The first kappa shape index (κ1) is 20.0. The van der Waals surface area contributed by atoms with Gasteiger partial charge in [0.05, 0.1) is 0 Å². The molecule has 0 spiro atoms. The molecular formula is C14H24Cl2N4O. The summed E-state index contributed by atoms with van der Waals surface area (Å²) >= 11 is 0. The summed E-state index contributed by atoms with van der Waals surface area (Å²) in [6, 6.07) is 3.70. The van der Waals surface area contributed by atoms with Crippen molar-refractivity contribution in [1.82, 2.24) is 4.98 Å². The van der Waals surface area contributed by atoms with Gasteiger partial charge in [-0.05, 0) is 31.4 Å². The molecule has 2 atom stereocenters. The van der Waals surface area contributed by atoms with Gasteiger partial charge in [-0.25, -0.2) is 4.98 Å². The van der Waals surface area contributed by atoms with Crippen molar-refractivity contribution >= 4 is 42.2 Å². The van der Waals surface area contributed by atoms with Crippen LogP contribution in [-0.2, 0) is 4.79 Å². The van der Waals surface area contributed by atoms with E-state index in [0.717, 1.165) is 30.8 Å². The number of anilines is 2. The lowest BCUT2D eigenvalue weighted by atomic mass is 9.95. The van der Waals surface area contributed by atoms with Gasteiger partial charge in [-0.2, -0.15) is 0 Å². The van der Waals surface area contributed by atoms with E-state index in [0.29, 0.717) is 12.5 Å². The van der Waals surface area contributed by atoms with Gasteiger partial charge in [-0.1, -0.05) is 6.42 Å². The Bertz CT molecular complexity index is 456. The zero-order valence-corrected chi connectivity index (χ0v) is 14.0. The molecule has 120 valence electrons. The Morgan fingerprint density at radius 2 is 2.14 bits per heavy atom. The number of aromatic nitrogens is 1. The third kappa shape index (κ3) is 5.02. The van der Waals surface area contributed by atoms with Gasteiger partial charge in [0.25, 0.3) is 0 Å². The molecule has 1 heterocycles. The summed E-state index contributed by atoms with van der Waals surface area (Å²) in [5, 5.41) is 2.98. The van der Waals surface area contributed by atoms with E-state index in [4.69, 9.17) is 5.73 Å². The quantitative estimate of drug-likeness (QED) is 0.886. The average molecular weight is 335 g/mol. The van der Waals surface area contributed by atoms with Crippen molar-refractivity contribution in [1.29, 1.82) is 0 Å². The first-order valence-electron chi connectivity index (χ1n) is 6.76. The van der Waals surface area contributed by atoms with Gasteiger partial charge < -0.3 is 16.0 Å². The summed E-state index contributed by atoms with van der Waals surface area (Å²) in [6.07, 6.45) is 4.81. The number of rotatable bonds is 4. The van der Waals surface area contributed by atoms with Gasteiger partial charge in [0.1, 0.15) is 5.82 Å². The molecule has 0 unspecified atom stereocenters. The second-order valence-corrected chi connectivity index (χ2v) is 5.32. The average Bonchev–Trinajstić information content (AvgIpc) is 2.87. The van der Waals surface area contributed by atoms with Crippen molar-refractivity contribution in [3.63, 3.8) is 0 Å². The number of hydrogen-bond acceptors (Lipinski definition) is 4. The SMILES string of the molecule is CN(C)c1cc(NC(=O)[C@@H]2CCC[C@@H]2CN)ccn1.Cl.Cl. The normalized spacial score (nSPS) is 20.1. The molecule has 1 fully saturated rings. The van der Waals surface area contributed by atoms with E-state index in [1.54, 1.807) is 6.20 Å². The molecule has 7 heteroatoms. The van der Waals surface area contributed by atoms with Gasteiger partial charge in [0.15, 0.2) is 0 Å². The van der Waals surface area contributed by atoms with E-state index >= 15 is 0 Å².